The minimum Gasteiger partial charge on any atom is -0.373 e. The number of nitrogens with zero attached hydrogens (tertiary/aromatic N) is 1. The summed E-state index contributed by atoms with van der Waals surface area (Å²) in [5, 5.41) is 3.12. The molecule has 0 saturated heterocycles. The van der Waals surface area contributed by atoms with Crippen LogP contribution in [0.1, 0.15) is 24.9 Å². The van der Waals surface area contributed by atoms with Gasteiger partial charge in [-0.15, -0.1) is 0 Å². The fourth-order valence-electron chi connectivity index (χ4n) is 1.68. The summed E-state index contributed by atoms with van der Waals surface area (Å²) in [6.45, 7) is 1.97. The van der Waals surface area contributed by atoms with Gasteiger partial charge in [-0.05, 0) is 47.6 Å². The molecule has 0 bridgehead atoms. The van der Waals surface area contributed by atoms with E-state index in [2.05, 4.69) is 21.2 Å². The third-order valence-electron chi connectivity index (χ3n) is 3.05. The normalized spacial score (nSPS) is 13.4. The number of anilines is 1. The van der Waals surface area contributed by atoms with Crippen molar-refractivity contribution < 1.29 is 13.2 Å². The van der Waals surface area contributed by atoms with Gasteiger partial charge in [0, 0.05) is 24.1 Å². The van der Waals surface area contributed by atoms with Gasteiger partial charge < -0.3 is 10.2 Å². The minimum atomic E-state index is -4.12. The predicted molar refractivity (Wildman–Crippen MR) is 75.6 cm³/mol. The van der Waals surface area contributed by atoms with Gasteiger partial charge in [0.25, 0.3) is 0 Å². The van der Waals surface area contributed by atoms with Crippen LogP contribution in [-0.2, 0) is 0 Å². The largest absolute Gasteiger partial charge is 0.390 e. The second-order valence-corrected chi connectivity index (χ2v) is 5.36. The molecule has 1 rings (SSSR count). The highest BCUT2D eigenvalue weighted by atomic mass is 79.9. The van der Waals surface area contributed by atoms with Crippen LogP contribution in [0, 0.1) is 0 Å². The number of rotatable bonds is 5. The quantitative estimate of drug-likeness (QED) is 0.868. The number of alkyl halides is 3. The summed E-state index contributed by atoms with van der Waals surface area (Å²) in [5.74, 6) is 0. The molecule has 0 amide bonds. The Hall–Kier alpha value is -0.750. The fourth-order valence-corrected chi connectivity index (χ4v) is 2.38. The molecule has 0 aliphatic heterocycles. The van der Waals surface area contributed by atoms with Crippen molar-refractivity contribution >= 4 is 21.6 Å². The van der Waals surface area contributed by atoms with Crippen molar-refractivity contribution in [2.45, 2.75) is 25.6 Å². The lowest BCUT2D eigenvalue weighted by Crippen LogP contribution is -2.24. The Kier molecular flexibility index (Phi) is 5.67. The first-order valence-electron chi connectivity index (χ1n) is 5.99. The van der Waals surface area contributed by atoms with Gasteiger partial charge in [0.05, 0.1) is 12.1 Å². The summed E-state index contributed by atoms with van der Waals surface area (Å²) in [6.07, 6.45) is -4.94. The second-order valence-electron chi connectivity index (χ2n) is 4.51. The zero-order chi connectivity index (χ0) is 14.6. The Labute approximate surface area is 120 Å². The molecule has 0 radical (unpaired) electrons. The number of benzene rings is 1. The second kappa shape index (κ2) is 6.61. The zero-order valence-corrected chi connectivity index (χ0v) is 12.8. The predicted octanol–water partition coefficient (Wildman–Crippen LogP) is 4.12. The molecular weight excluding hydrogens is 321 g/mol. The lowest BCUT2D eigenvalue weighted by atomic mass is 10.1. The monoisotopic (exact) mass is 338 g/mol. The van der Waals surface area contributed by atoms with Gasteiger partial charge in [0.15, 0.2) is 0 Å². The van der Waals surface area contributed by atoms with Crippen LogP contribution in [0.15, 0.2) is 22.7 Å². The van der Waals surface area contributed by atoms with Crippen LogP contribution >= 0.6 is 15.9 Å². The molecule has 0 aliphatic carbocycles. The van der Waals surface area contributed by atoms with Gasteiger partial charge in [-0.2, -0.15) is 13.2 Å². The van der Waals surface area contributed by atoms with E-state index in [-0.39, 0.29) is 12.6 Å². The van der Waals surface area contributed by atoms with E-state index in [0.717, 1.165) is 15.7 Å². The number of hydrogen-bond acceptors (Lipinski definition) is 2. The molecule has 0 aromatic heterocycles. The molecule has 2 nitrogen and oxygen atoms in total. The van der Waals surface area contributed by atoms with E-state index in [1.165, 1.54) is 0 Å². The molecule has 0 fully saturated rings. The Bertz CT molecular complexity index is 421. The van der Waals surface area contributed by atoms with Crippen LogP contribution in [0.5, 0.6) is 0 Å². The lowest BCUT2D eigenvalue weighted by Gasteiger charge is -2.22. The summed E-state index contributed by atoms with van der Waals surface area (Å²) in [4.78, 5) is 1.60. The van der Waals surface area contributed by atoms with Crippen LogP contribution in [0.4, 0.5) is 18.9 Å². The maximum absolute atomic E-state index is 12.2. The van der Waals surface area contributed by atoms with Crippen molar-refractivity contribution in [2.75, 3.05) is 25.5 Å². The molecule has 0 aliphatic rings. The van der Waals surface area contributed by atoms with Gasteiger partial charge in [-0.1, -0.05) is 6.07 Å². The molecule has 1 N–H and O–H groups in total. The smallest absolute Gasteiger partial charge is 0.373 e. The molecule has 0 saturated carbocycles. The van der Waals surface area contributed by atoms with Crippen LogP contribution in [0.25, 0.3) is 0 Å². The van der Waals surface area contributed by atoms with Gasteiger partial charge in [-0.25, -0.2) is 0 Å². The Morgan fingerprint density at radius 2 is 2.00 bits per heavy atom. The molecule has 1 atom stereocenters. The summed E-state index contributed by atoms with van der Waals surface area (Å²) in [5.41, 5.74) is 1.85. The Morgan fingerprint density at radius 3 is 2.47 bits per heavy atom. The average Bonchev–Trinajstić information content (AvgIpc) is 2.34. The Balaban J connectivity index is 2.79. The summed E-state index contributed by atoms with van der Waals surface area (Å²) in [6, 6.07) is 5.89. The highest BCUT2D eigenvalue weighted by molar-refractivity contribution is 9.10. The van der Waals surface area contributed by atoms with E-state index in [9.17, 15) is 13.2 Å². The van der Waals surface area contributed by atoms with Crippen LogP contribution in [-0.4, -0.2) is 26.8 Å². The maximum atomic E-state index is 12.2. The van der Waals surface area contributed by atoms with Crippen LogP contribution in [0.2, 0.25) is 0 Å². The van der Waals surface area contributed by atoms with E-state index in [0.29, 0.717) is 0 Å². The van der Waals surface area contributed by atoms with Crippen molar-refractivity contribution in [3.8, 4) is 0 Å². The molecule has 0 heterocycles. The molecule has 19 heavy (non-hydrogen) atoms. The van der Waals surface area contributed by atoms with Gasteiger partial charge in [-0.3, -0.25) is 0 Å². The van der Waals surface area contributed by atoms with E-state index in [1.54, 1.807) is 11.9 Å². The molecule has 6 heteroatoms. The first-order valence-corrected chi connectivity index (χ1v) is 6.78. The molecule has 1 unspecified atom stereocenters. The highest BCUT2D eigenvalue weighted by Crippen LogP contribution is 2.30. The van der Waals surface area contributed by atoms with Crippen molar-refractivity contribution in [2.24, 2.45) is 0 Å². The van der Waals surface area contributed by atoms with E-state index in [1.807, 2.05) is 32.2 Å². The molecule has 108 valence electrons. The third kappa shape index (κ3) is 5.03. The minimum absolute atomic E-state index is 0.0526. The molecule has 0 spiro atoms. The molecular formula is C13H18BrF3N2. The van der Waals surface area contributed by atoms with E-state index < -0.39 is 12.6 Å². The summed E-state index contributed by atoms with van der Waals surface area (Å²) < 4.78 is 37.4. The van der Waals surface area contributed by atoms with Crippen LogP contribution < -0.4 is 10.2 Å². The number of halogens is 4. The van der Waals surface area contributed by atoms with Crippen molar-refractivity contribution in [1.29, 1.82) is 0 Å². The van der Waals surface area contributed by atoms with E-state index in [4.69, 9.17) is 0 Å². The summed E-state index contributed by atoms with van der Waals surface area (Å²) >= 11 is 3.41. The maximum Gasteiger partial charge on any atom is 0.390 e. The fraction of sp³-hybridized carbons (Fsp3) is 0.538. The zero-order valence-electron chi connectivity index (χ0n) is 11.2. The topological polar surface area (TPSA) is 15.3 Å². The average molecular weight is 339 g/mol. The van der Waals surface area contributed by atoms with Gasteiger partial charge >= 0.3 is 6.18 Å². The first kappa shape index (κ1) is 16.3. The SMILES string of the molecule is CNC(C)c1ccc(N(C)CCC(F)(F)F)c(Br)c1. The molecule has 1 aromatic carbocycles. The highest BCUT2D eigenvalue weighted by Gasteiger charge is 2.27. The Morgan fingerprint density at radius 1 is 1.37 bits per heavy atom. The lowest BCUT2D eigenvalue weighted by molar-refractivity contribution is -0.132. The summed E-state index contributed by atoms with van der Waals surface area (Å²) in [7, 11) is 3.52. The van der Waals surface area contributed by atoms with Crippen molar-refractivity contribution in [3.63, 3.8) is 0 Å². The van der Waals surface area contributed by atoms with E-state index >= 15 is 0 Å². The van der Waals surface area contributed by atoms with Gasteiger partial charge in [0.2, 0.25) is 0 Å². The van der Waals surface area contributed by atoms with Crippen molar-refractivity contribution in [1.82, 2.24) is 5.32 Å². The van der Waals surface area contributed by atoms with Crippen LogP contribution in [0.3, 0.4) is 0 Å². The number of hydrogen-bond donors (Lipinski definition) is 1. The van der Waals surface area contributed by atoms with Crippen molar-refractivity contribution in [3.05, 3.63) is 28.2 Å². The standard InChI is InChI=1S/C13H18BrF3N2/c1-9(18-2)10-4-5-12(11(14)8-10)19(3)7-6-13(15,16)17/h4-5,8-9,18H,6-7H2,1-3H3. The molecule has 1 aromatic rings. The van der Waals surface area contributed by atoms with Gasteiger partial charge in [0.1, 0.15) is 0 Å². The third-order valence-corrected chi connectivity index (χ3v) is 3.68. The number of nitrogens with one attached hydrogen (secondary N) is 1. The first-order chi connectivity index (χ1) is 8.74.